The van der Waals surface area contributed by atoms with Gasteiger partial charge in [0.05, 0.1) is 24.4 Å². The topological polar surface area (TPSA) is 112 Å². The predicted octanol–water partition coefficient (Wildman–Crippen LogP) is 3.25. The second-order valence-corrected chi connectivity index (χ2v) is 7.33. The van der Waals surface area contributed by atoms with Gasteiger partial charge in [-0.3, -0.25) is 9.59 Å². The Balaban J connectivity index is 2.17. The molecule has 3 N–H and O–H groups in total. The summed E-state index contributed by atoms with van der Waals surface area (Å²) in [5.41, 5.74) is 8.44. The van der Waals surface area contributed by atoms with E-state index < -0.39 is 11.8 Å². The summed E-state index contributed by atoms with van der Waals surface area (Å²) < 4.78 is 17.4. The number of hydrogen-bond donors (Lipinski definition) is 2. The van der Waals surface area contributed by atoms with Gasteiger partial charge < -0.3 is 19.9 Å². The van der Waals surface area contributed by atoms with Crippen LogP contribution in [0.4, 0.5) is 0 Å². The highest BCUT2D eigenvalue weighted by Crippen LogP contribution is 2.32. The molecule has 2 aromatic rings. The van der Waals surface area contributed by atoms with Crippen molar-refractivity contribution in [3.05, 3.63) is 50.4 Å². The summed E-state index contributed by atoms with van der Waals surface area (Å²) in [6.07, 6.45) is 1.40. The third kappa shape index (κ3) is 6.47. The van der Waals surface area contributed by atoms with Crippen LogP contribution < -0.4 is 25.4 Å². The summed E-state index contributed by atoms with van der Waals surface area (Å²) in [6.45, 7) is 2.05. The zero-order valence-corrected chi connectivity index (χ0v) is 18.9. The van der Waals surface area contributed by atoms with E-state index >= 15 is 0 Å². The monoisotopic (exact) mass is 527 g/mol. The Kier molecular flexibility index (Phi) is 8.47. The Morgan fingerprint density at radius 1 is 1.17 bits per heavy atom. The van der Waals surface area contributed by atoms with E-state index in [4.69, 9.17) is 19.9 Å². The fourth-order valence-corrected chi connectivity index (χ4v) is 3.65. The average Bonchev–Trinajstić information content (AvgIpc) is 2.67. The molecule has 0 saturated heterocycles. The number of nitrogens with one attached hydrogen (secondary N) is 1. The highest BCUT2D eigenvalue weighted by atomic mass is 79.9. The van der Waals surface area contributed by atoms with Crippen molar-refractivity contribution in [1.29, 1.82) is 0 Å². The lowest BCUT2D eigenvalue weighted by Gasteiger charge is -2.11. The standard InChI is InChI=1S/C19H19Br2N3O5/c1-3-28-15-5-4-11(7-16(15)27-2)19(26)24-23-9-12-6-13(20)8-14(21)18(12)29-10-17(22)25/h4-9H,3,10H2,1-2H3,(H2,22,25)(H,24,26)/b23-9+. The molecule has 0 atom stereocenters. The third-order valence-electron chi connectivity index (χ3n) is 3.49. The van der Waals surface area contributed by atoms with Gasteiger partial charge in [0.25, 0.3) is 11.8 Å². The van der Waals surface area contributed by atoms with E-state index in [0.29, 0.717) is 39.5 Å². The third-order valence-corrected chi connectivity index (χ3v) is 4.54. The normalized spacial score (nSPS) is 10.6. The molecule has 0 aliphatic rings. The highest BCUT2D eigenvalue weighted by Gasteiger charge is 2.12. The van der Waals surface area contributed by atoms with Gasteiger partial charge in [0, 0.05) is 15.6 Å². The molecule has 0 aliphatic heterocycles. The molecule has 0 aromatic heterocycles. The average molecular weight is 529 g/mol. The number of carbonyl (C=O) groups is 2. The molecule has 0 unspecified atom stereocenters. The van der Waals surface area contributed by atoms with E-state index in [0.717, 1.165) is 4.47 Å². The number of halogens is 2. The maximum Gasteiger partial charge on any atom is 0.271 e. The van der Waals surface area contributed by atoms with Crippen LogP contribution >= 0.6 is 31.9 Å². The Morgan fingerprint density at radius 2 is 1.93 bits per heavy atom. The minimum Gasteiger partial charge on any atom is -0.493 e. The van der Waals surface area contributed by atoms with E-state index in [1.54, 1.807) is 30.3 Å². The van der Waals surface area contributed by atoms with E-state index in [9.17, 15) is 9.59 Å². The molecule has 8 nitrogen and oxygen atoms in total. The number of hydrazone groups is 1. The van der Waals surface area contributed by atoms with Crippen LogP contribution in [0.3, 0.4) is 0 Å². The summed E-state index contributed by atoms with van der Waals surface area (Å²) in [6, 6.07) is 8.29. The van der Waals surface area contributed by atoms with Gasteiger partial charge in [-0.1, -0.05) is 15.9 Å². The van der Waals surface area contributed by atoms with Gasteiger partial charge in [0.15, 0.2) is 18.1 Å². The van der Waals surface area contributed by atoms with E-state index in [-0.39, 0.29) is 6.61 Å². The summed E-state index contributed by atoms with van der Waals surface area (Å²) in [4.78, 5) is 23.4. The van der Waals surface area contributed by atoms with Crippen LogP contribution in [0, 0.1) is 0 Å². The van der Waals surface area contributed by atoms with E-state index in [2.05, 4.69) is 42.4 Å². The van der Waals surface area contributed by atoms with Crippen molar-refractivity contribution in [2.24, 2.45) is 10.8 Å². The van der Waals surface area contributed by atoms with Gasteiger partial charge in [-0.05, 0) is 53.2 Å². The van der Waals surface area contributed by atoms with E-state index in [1.165, 1.54) is 13.3 Å². The molecule has 0 fully saturated rings. The zero-order chi connectivity index (χ0) is 21.4. The Hall–Kier alpha value is -2.59. The van der Waals surface area contributed by atoms with Crippen molar-refractivity contribution in [2.45, 2.75) is 6.92 Å². The van der Waals surface area contributed by atoms with Gasteiger partial charge in [-0.2, -0.15) is 5.10 Å². The van der Waals surface area contributed by atoms with Gasteiger partial charge in [-0.15, -0.1) is 0 Å². The molecule has 0 aliphatic carbocycles. The van der Waals surface area contributed by atoms with Gasteiger partial charge in [0.1, 0.15) is 5.75 Å². The molecular weight excluding hydrogens is 510 g/mol. The van der Waals surface area contributed by atoms with Crippen molar-refractivity contribution in [3.63, 3.8) is 0 Å². The zero-order valence-electron chi connectivity index (χ0n) is 15.7. The van der Waals surface area contributed by atoms with Crippen LogP contribution in [-0.4, -0.2) is 38.4 Å². The van der Waals surface area contributed by atoms with Crippen LogP contribution in [0.1, 0.15) is 22.8 Å². The van der Waals surface area contributed by atoms with Crippen LogP contribution in [0.15, 0.2) is 44.4 Å². The van der Waals surface area contributed by atoms with Crippen molar-refractivity contribution in [2.75, 3.05) is 20.3 Å². The van der Waals surface area contributed by atoms with Crippen molar-refractivity contribution in [1.82, 2.24) is 5.43 Å². The first-order valence-electron chi connectivity index (χ1n) is 8.40. The Morgan fingerprint density at radius 3 is 2.59 bits per heavy atom. The number of nitrogens with two attached hydrogens (primary N) is 1. The van der Waals surface area contributed by atoms with Crippen molar-refractivity contribution in [3.8, 4) is 17.2 Å². The Bertz CT molecular complexity index is 934. The quantitative estimate of drug-likeness (QED) is 0.383. The molecule has 154 valence electrons. The minimum atomic E-state index is -0.611. The molecule has 0 bridgehead atoms. The predicted molar refractivity (Wildman–Crippen MR) is 116 cm³/mol. The number of methoxy groups -OCH3 is 1. The second-order valence-electron chi connectivity index (χ2n) is 5.56. The SMILES string of the molecule is CCOc1ccc(C(=O)N/N=C/c2cc(Br)cc(Br)c2OCC(N)=O)cc1OC. The molecule has 2 aromatic carbocycles. The van der Waals surface area contributed by atoms with Crippen molar-refractivity contribution < 1.29 is 23.8 Å². The first kappa shape index (κ1) is 22.7. The molecular formula is C19H19Br2N3O5. The number of ether oxygens (including phenoxy) is 3. The Labute approximate surface area is 184 Å². The maximum atomic E-state index is 12.4. The molecule has 2 rings (SSSR count). The largest absolute Gasteiger partial charge is 0.493 e. The number of benzene rings is 2. The van der Waals surface area contributed by atoms with Gasteiger partial charge >= 0.3 is 0 Å². The van der Waals surface area contributed by atoms with Crippen LogP contribution in [0.2, 0.25) is 0 Å². The van der Waals surface area contributed by atoms with E-state index in [1.807, 2.05) is 6.92 Å². The van der Waals surface area contributed by atoms with Crippen LogP contribution in [0.5, 0.6) is 17.2 Å². The van der Waals surface area contributed by atoms with Gasteiger partial charge in [0.2, 0.25) is 0 Å². The lowest BCUT2D eigenvalue weighted by Crippen LogP contribution is -2.21. The summed E-state index contributed by atoms with van der Waals surface area (Å²) in [7, 11) is 1.50. The number of hydrogen-bond acceptors (Lipinski definition) is 6. The fraction of sp³-hybridized carbons (Fsp3) is 0.211. The van der Waals surface area contributed by atoms with Gasteiger partial charge in [-0.25, -0.2) is 5.43 Å². The molecule has 29 heavy (non-hydrogen) atoms. The molecule has 0 spiro atoms. The number of carbonyl (C=O) groups excluding carboxylic acids is 2. The molecule has 10 heteroatoms. The number of amides is 2. The number of rotatable bonds is 9. The molecule has 2 amide bonds. The number of nitrogens with zero attached hydrogens (tertiary/aromatic N) is 1. The summed E-state index contributed by atoms with van der Waals surface area (Å²) in [5.74, 6) is 0.316. The molecule has 0 heterocycles. The van der Waals surface area contributed by atoms with Crippen LogP contribution in [-0.2, 0) is 4.79 Å². The first-order chi connectivity index (χ1) is 13.8. The lowest BCUT2D eigenvalue weighted by atomic mass is 10.2. The molecule has 0 radical (unpaired) electrons. The van der Waals surface area contributed by atoms with Crippen molar-refractivity contribution >= 4 is 49.9 Å². The van der Waals surface area contributed by atoms with Crippen LogP contribution in [0.25, 0.3) is 0 Å². The number of primary amides is 1. The highest BCUT2D eigenvalue weighted by molar-refractivity contribution is 9.11. The smallest absolute Gasteiger partial charge is 0.271 e. The summed E-state index contributed by atoms with van der Waals surface area (Å²) >= 11 is 6.73. The summed E-state index contributed by atoms with van der Waals surface area (Å²) in [5, 5.41) is 3.97. The molecule has 0 saturated carbocycles. The second kappa shape index (κ2) is 10.8. The minimum absolute atomic E-state index is 0.292. The lowest BCUT2D eigenvalue weighted by molar-refractivity contribution is -0.119. The maximum absolute atomic E-state index is 12.4. The fourth-order valence-electron chi connectivity index (χ4n) is 2.28. The first-order valence-corrected chi connectivity index (χ1v) is 9.98.